The first-order valence-corrected chi connectivity index (χ1v) is 8.16. The van der Waals surface area contributed by atoms with Crippen molar-refractivity contribution in [2.45, 2.75) is 19.3 Å². The van der Waals surface area contributed by atoms with Gasteiger partial charge in [0.05, 0.1) is 5.69 Å². The lowest BCUT2D eigenvalue weighted by Crippen LogP contribution is -1.92. The summed E-state index contributed by atoms with van der Waals surface area (Å²) in [6, 6.07) is 7.83. The Kier molecular flexibility index (Phi) is 4.31. The Hall–Kier alpha value is -1.73. The quantitative estimate of drug-likeness (QED) is 0.746. The SMILES string of the molecule is Nc1nc(CCCc2nc(-c3cccc(Br)c3)no2)cs1. The molecule has 3 rings (SSSR count). The second-order valence-corrected chi connectivity index (χ2v) is 6.36. The van der Waals surface area contributed by atoms with Gasteiger partial charge >= 0.3 is 0 Å². The fourth-order valence-corrected chi connectivity index (χ4v) is 2.96. The van der Waals surface area contributed by atoms with E-state index in [1.165, 1.54) is 11.3 Å². The molecule has 2 aromatic heterocycles. The molecule has 1 aromatic carbocycles. The van der Waals surface area contributed by atoms with Crippen LogP contribution in [0.4, 0.5) is 5.13 Å². The van der Waals surface area contributed by atoms with Gasteiger partial charge in [-0.15, -0.1) is 11.3 Å². The lowest BCUT2D eigenvalue weighted by Gasteiger charge is -1.94. The largest absolute Gasteiger partial charge is 0.375 e. The minimum Gasteiger partial charge on any atom is -0.375 e. The predicted molar refractivity (Wildman–Crippen MR) is 86.0 cm³/mol. The third-order valence-electron chi connectivity index (χ3n) is 2.94. The average molecular weight is 365 g/mol. The van der Waals surface area contributed by atoms with Crippen LogP contribution >= 0.6 is 27.3 Å². The number of nitrogens with two attached hydrogens (primary N) is 1. The van der Waals surface area contributed by atoms with E-state index in [0.717, 1.165) is 35.0 Å². The van der Waals surface area contributed by atoms with Gasteiger partial charge in [0.2, 0.25) is 11.7 Å². The van der Waals surface area contributed by atoms with Gasteiger partial charge in [-0.2, -0.15) is 4.98 Å². The molecule has 0 fully saturated rings. The Balaban J connectivity index is 1.60. The molecule has 21 heavy (non-hydrogen) atoms. The minimum atomic E-state index is 0.611. The van der Waals surface area contributed by atoms with Gasteiger partial charge in [-0.3, -0.25) is 0 Å². The molecule has 2 N–H and O–H groups in total. The summed E-state index contributed by atoms with van der Waals surface area (Å²) in [7, 11) is 0. The van der Waals surface area contributed by atoms with Crippen molar-refractivity contribution in [3.63, 3.8) is 0 Å². The predicted octanol–water partition coefficient (Wildman–Crippen LogP) is 3.71. The minimum absolute atomic E-state index is 0.611. The Morgan fingerprint density at radius 1 is 1.24 bits per heavy atom. The van der Waals surface area contributed by atoms with Crippen LogP contribution in [0.15, 0.2) is 38.6 Å². The zero-order valence-corrected chi connectivity index (χ0v) is 13.5. The highest BCUT2D eigenvalue weighted by molar-refractivity contribution is 9.10. The average Bonchev–Trinajstić information content (AvgIpc) is 3.08. The number of hydrogen-bond donors (Lipinski definition) is 1. The summed E-state index contributed by atoms with van der Waals surface area (Å²) in [5, 5.41) is 6.61. The standard InChI is InChI=1S/C14H13BrN4OS/c15-10-4-1-3-9(7-10)13-18-12(20-19-13)6-2-5-11-8-21-14(16)17-11/h1,3-4,7-8H,2,5-6H2,(H2,16,17). The van der Waals surface area contributed by atoms with E-state index in [-0.39, 0.29) is 0 Å². The van der Waals surface area contributed by atoms with Gasteiger partial charge in [-0.1, -0.05) is 33.2 Å². The molecule has 7 heteroatoms. The number of hydrogen-bond acceptors (Lipinski definition) is 6. The number of halogens is 1. The summed E-state index contributed by atoms with van der Waals surface area (Å²) >= 11 is 4.90. The highest BCUT2D eigenvalue weighted by atomic mass is 79.9. The van der Waals surface area contributed by atoms with E-state index in [2.05, 4.69) is 31.1 Å². The topological polar surface area (TPSA) is 77.8 Å². The molecule has 0 unspecified atom stereocenters. The molecule has 0 atom stereocenters. The number of nitrogens with zero attached hydrogens (tertiary/aromatic N) is 3. The number of rotatable bonds is 5. The summed E-state index contributed by atoms with van der Waals surface area (Å²) in [6.07, 6.45) is 2.50. The summed E-state index contributed by atoms with van der Waals surface area (Å²) in [6.45, 7) is 0. The van der Waals surface area contributed by atoms with Crippen molar-refractivity contribution < 1.29 is 4.52 Å². The molecule has 0 amide bonds. The summed E-state index contributed by atoms with van der Waals surface area (Å²) in [5.41, 5.74) is 7.56. The van der Waals surface area contributed by atoms with Gasteiger partial charge < -0.3 is 10.3 Å². The second-order valence-electron chi connectivity index (χ2n) is 4.55. The summed E-state index contributed by atoms with van der Waals surface area (Å²) < 4.78 is 6.28. The van der Waals surface area contributed by atoms with Crippen molar-refractivity contribution in [2.24, 2.45) is 0 Å². The Morgan fingerprint density at radius 2 is 2.14 bits per heavy atom. The number of benzene rings is 1. The smallest absolute Gasteiger partial charge is 0.226 e. The van der Waals surface area contributed by atoms with Crippen molar-refractivity contribution in [1.82, 2.24) is 15.1 Å². The molecule has 0 aliphatic carbocycles. The molecule has 108 valence electrons. The van der Waals surface area contributed by atoms with Crippen LogP contribution in [0.25, 0.3) is 11.4 Å². The molecule has 0 aliphatic heterocycles. The van der Waals surface area contributed by atoms with Crippen LogP contribution in [0.1, 0.15) is 18.0 Å². The molecule has 0 aliphatic rings. The number of anilines is 1. The van der Waals surface area contributed by atoms with Crippen LogP contribution in [-0.4, -0.2) is 15.1 Å². The van der Waals surface area contributed by atoms with Crippen molar-refractivity contribution in [1.29, 1.82) is 0 Å². The lowest BCUT2D eigenvalue weighted by molar-refractivity contribution is 0.376. The second kappa shape index (κ2) is 6.36. The zero-order valence-electron chi connectivity index (χ0n) is 11.1. The van der Waals surface area contributed by atoms with Crippen LogP contribution < -0.4 is 5.73 Å². The first-order chi connectivity index (χ1) is 10.2. The molecule has 0 spiro atoms. The van der Waals surface area contributed by atoms with E-state index in [1.807, 2.05) is 29.6 Å². The molecule has 0 saturated heterocycles. The van der Waals surface area contributed by atoms with Gasteiger partial charge in [-0.25, -0.2) is 4.98 Å². The van der Waals surface area contributed by atoms with Gasteiger partial charge in [0, 0.05) is 21.8 Å². The molecule has 0 radical (unpaired) electrons. The Bertz CT molecular complexity index is 740. The molecular formula is C14H13BrN4OS. The van der Waals surface area contributed by atoms with Gasteiger partial charge in [-0.05, 0) is 25.0 Å². The van der Waals surface area contributed by atoms with E-state index in [0.29, 0.717) is 16.8 Å². The van der Waals surface area contributed by atoms with E-state index < -0.39 is 0 Å². The summed E-state index contributed by atoms with van der Waals surface area (Å²) in [5.74, 6) is 1.26. The van der Waals surface area contributed by atoms with Crippen molar-refractivity contribution in [2.75, 3.05) is 5.73 Å². The number of aryl methyl sites for hydroxylation is 2. The van der Waals surface area contributed by atoms with Crippen molar-refractivity contribution >= 4 is 32.4 Å². The number of aromatic nitrogens is 3. The van der Waals surface area contributed by atoms with Crippen molar-refractivity contribution in [3.8, 4) is 11.4 Å². The molecule has 0 saturated carbocycles. The molecule has 0 bridgehead atoms. The highest BCUT2D eigenvalue weighted by Crippen LogP contribution is 2.21. The van der Waals surface area contributed by atoms with Crippen LogP contribution in [-0.2, 0) is 12.8 Å². The van der Waals surface area contributed by atoms with Crippen LogP contribution in [0.2, 0.25) is 0 Å². The third kappa shape index (κ3) is 3.68. The fraction of sp³-hybridized carbons (Fsp3) is 0.214. The van der Waals surface area contributed by atoms with Crippen LogP contribution in [0.3, 0.4) is 0 Å². The molecule has 5 nitrogen and oxygen atoms in total. The first kappa shape index (κ1) is 14.2. The molecular weight excluding hydrogens is 352 g/mol. The number of nitrogen functional groups attached to an aromatic ring is 1. The zero-order chi connectivity index (χ0) is 14.7. The fourth-order valence-electron chi connectivity index (χ4n) is 1.96. The van der Waals surface area contributed by atoms with E-state index in [9.17, 15) is 0 Å². The third-order valence-corrected chi connectivity index (χ3v) is 4.16. The Labute approximate surface area is 134 Å². The van der Waals surface area contributed by atoms with Gasteiger partial charge in [0.15, 0.2) is 5.13 Å². The maximum atomic E-state index is 5.60. The van der Waals surface area contributed by atoms with E-state index >= 15 is 0 Å². The summed E-state index contributed by atoms with van der Waals surface area (Å²) in [4.78, 5) is 8.65. The van der Waals surface area contributed by atoms with Crippen molar-refractivity contribution in [3.05, 3.63) is 45.7 Å². The first-order valence-electron chi connectivity index (χ1n) is 6.49. The van der Waals surface area contributed by atoms with E-state index in [4.69, 9.17) is 10.3 Å². The van der Waals surface area contributed by atoms with Crippen LogP contribution in [0.5, 0.6) is 0 Å². The van der Waals surface area contributed by atoms with Gasteiger partial charge in [0.1, 0.15) is 0 Å². The normalized spacial score (nSPS) is 10.9. The van der Waals surface area contributed by atoms with Crippen LogP contribution in [0, 0.1) is 0 Å². The maximum absolute atomic E-state index is 5.60. The molecule has 3 aromatic rings. The lowest BCUT2D eigenvalue weighted by atomic mass is 10.2. The number of thiazole rings is 1. The van der Waals surface area contributed by atoms with E-state index in [1.54, 1.807) is 0 Å². The Morgan fingerprint density at radius 3 is 2.90 bits per heavy atom. The highest BCUT2D eigenvalue weighted by Gasteiger charge is 2.09. The monoisotopic (exact) mass is 364 g/mol. The maximum Gasteiger partial charge on any atom is 0.226 e. The van der Waals surface area contributed by atoms with Gasteiger partial charge in [0.25, 0.3) is 0 Å². The molecule has 2 heterocycles.